The van der Waals surface area contributed by atoms with Crippen molar-refractivity contribution < 1.29 is 19.3 Å². The van der Waals surface area contributed by atoms with E-state index < -0.39 is 40.4 Å². The number of carbonyl (C=O) groups is 3. The Morgan fingerprint density at radius 1 is 1.09 bits per heavy atom. The summed E-state index contributed by atoms with van der Waals surface area (Å²) in [6.45, 7) is 3.65. The number of amides is 3. The number of benzene rings is 3. The summed E-state index contributed by atoms with van der Waals surface area (Å²) in [7, 11) is 0. The molecule has 3 aromatic rings. The van der Waals surface area contributed by atoms with Crippen LogP contribution in [-0.2, 0) is 9.59 Å². The van der Waals surface area contributed by atoms with Crippen molar-refractivity contribution >= 4 is 40.7 Å². The van der Waals surface area contributed by atoms with E-state index in [9.17, 15) is 24.5 Å². The number of halogens is 1. The standard InChI is InChI=1S/C26H22ClN3O5/c1-16-8-11-20(12-9-16)29-24(31)15-23(26(29)33)28(17(2)18-6-4-3-5-7-18)25(32)19-10-13-21(27)22(14-19)30(34)35/h3-14,17,23H,15H2,1-2H3. The van der Waals surface area contributed by atoms with Crippen molar-refractivity contribution in [2.24, 2.45) is 0 Å². The summed E-state index contributed by atoms with van der Waals surface area (Å²) in [4.78, 5) is 53.4. The van der Waals surface area contributed by atoms with Crippen LogP contribution in [0.15, 0.2) is 72.8 Å². The Bertz CT molecular complexity index is 1310. The average molecular weight is 492 g/mol. The normalized spacial score (nSPS) is 16.3. The molecule has 8 nitrogen and oxygen atoms in total. The van der Waals surface area contributed by atoms with E-state index in [4.69, 9.17) is 11.6 Å². The van der Waals surface area contributed by atoms with Gasteiger partial charge < -0.3 is 4.90 Å². The van der Waals surface area contributed by atoms with Gasteiger partial charge >= 0.3 is 0 Å². The molecule has 1 fully saturated rings. The molecule has 178 valence electrons. The monoisotopic (exact) mass is 491 g/mol. The number of aryl methyl sites for hydroxylation is 1. The minimum atomic E-state index is -1.08. The maximum Gasteiger partial charge on any atom is 0.288 e. The van der Waals surface area contributed by atoms with Gasteiger partial charge in [-0.1, -0.05) is 59.6 Å². The van der Waals surface area contributed by atoms with Gasteiger partial charge in [0.25, 0.3) is 17.5 Å². The van der Waals surface area contributed by atoms with Crippen molar-refractivity contribution in [1.82, 2.24) is 4.90 Å². The quantitative estimate of drug-likeness (QED) is 0.271. The van der Waals surface area contributed by atoms with Gasteiger partial charge in [0, 0.05) is 11.6 Å². The van der Waals surface area contributed by atoms with Gasteiger partial charge in [0.05, 0.1) is 23.1 Å². The summed E-state index contributed by atoms with van der Waals surface area (Å²) in [6, 6.07) is 18.1. The van der Waals surface area contributed by atoms with Crippen molar-refractivity contribution in [2.75, 3.05) is 4.90 Å². The summed E-state index contributed by atoms with van der Waals surface area (Å²) >= 11 is 5.93. The lowest BCUT2D eigenvalue weighted by Gasteiger charge is -2.33. The first kappa shape index (κ1) is 24.1. The molecule has 0 aromatic heterocycles. The van der Waals surface area contributed by atoms with E-state index in [1.807, 2.05) is 37.3 Å². The molecule has 0 aliphatic carbocycles. The number of rotatable bonds is 6. The van der Waals surface area contributed by atoms with Crippen LogP contribution in [-0.4, -0.2) is 33.6 Å². The summed E-state index contributed by atoms with van der Waals surface area (Å²) in [5.74, 6) is -1.57. The molecule has 2 atom stereocenters. The number of nitrogens with zero attached hydrogens (tertiary/aromatic N) is 3. The zero-order chi connectivity index (χ0) is 25.3. The average Bonchev–Trinajstić information content (AvgIpc) is 3.13. The van der Waals surface area contributed by atoms with Crippen LogP contribution in [0.3, 0.4) is 0 Å². The fraction of sp³-hybridized carbons (Fsp3) is 0.192. The number of nitro groups is 1. The molecule has 1 aliphatic heterocycles. The van der Waals surface area contributed by atoms with E-state index in [0.717, 1.165) is 22.1 Å². The Balaban J connectivity index is 1.77. The minimum absolute atomic E-state index is 0.00193. The van der Waals surface area contributed by atoms with Crippen LogP contribution in [0.25, 0.3) is 0 Å². The van der Waals surface area contributed by atoms with E-state index in [1.165, 1.54) is 17.0 Å². The molecule has 35 heavy (non-hydrogen) atoms. The Morgan fingerprint density at radius 3 is 2.37 bits per heavy atom. The molecule has 3 aromatic carbocycles. The second kappa shape index (κ2) is 9.68. The van der Waals surface area contributed by atoms with Crippen LogP contribution in [0.5, 0.6) is 0 Å². The first-order valence-corrected chi connectivity index (χ1v) is 11.3. The summed E-state index contributed by atoms with van der Waals surface area (Å²) in [6.07, 6.45) is -0.203. The second-order valence-corrected chi connectivity index (χ2v) is 8.75. The van der Waals surface area contributed by atoms with Gasteiger partial charge in [-0.15, -0.1) is 0 Å². The van der Waals surface area contributed by atoms with Gasteiger partial charge in [-0.05, 0) is 43.7 Å². The van der Waals surface area contributed by atoms with E-state index >= 15 is 0 Å². The van der Waals surface area contributed by atoms with Crippen molar-refractivity contribution in [3.63, 3.8) is 0 Å². The molecule has 1 aliphatic rings. The van der Waals surface area contributed by atoms with Crippen LogP contribution in [0, 0.1) is 17.0 Å². The first-order chi connectivity index (χ1) is 16.7. The minimum Gasteiger partial charge on any atom is -0.319 e. The molecule has 1 heterocycles. The molecule has 0 N–H and O–H groups in total. The van der Waals surface area contributed by atoms with Crippen molar-refractivity contribution in [2.45, 2.75) is 32.4 Å². The highest BCUT2D eigenvalue weighted by Gasteiger charge is 2.46. The lowest BCUT2D eigenvalue weighted by Crippen LogP contribution is -2.46. The van der Waals surface area contributed by atoms with Gasteiger partial charge in [0.1, 0.15) is 11.1 Å². The number of imide groups is 1. The number of nitro benzene ring substituents is 1. The number of hydrogen-bond acceptors (Lipinski definition) is 5. The molecule has 0 saturated carbocycles. The molecule has 9 heteroatoms. The molecule has 0 radical (unpaired) electrons. The lowest BCUT2D eigenvalue weighted by molar-refractivity contribution is -0.384. The Kier molecular flexibility index (Phi) is 6.66. The van der Waals surface area contributed by atoms with Gasteiger partial charge in [0.2, 0.25) is 5.91 Å². The molecule has 4 rings (SSSR count). The van der Waals surface area contributed by atoms with E-state index in [0.29, 0.717) is 5.69 Å². The van der Waals surface area contributed by atoms with Gasteiger partial charge in [-0.2, -0.15) is 0 Å². The van der Waals surface area contributed by atoms with Crippen molar-refractivity contribution in [3.8, 4) is 0 Å². The summed E-state index contributed by atoms with van der Waals surface area (Å²) in [5.41, 5.74) is 1.73. The van der Waals surface area contributed by atoms with Gasteiger partial charge in [-0.25, -0.2) is 4.90 Å². The smallest absolute Gasteiger partial charge is 0.288 e. The van der Waals surface area contributed by atoms with Crippen LogP contribution in [0.1, 0.15) is 40.9 Å². The highest BCUT2D eigenvalue weighted by Crippen LogP contribution is 2.34. The predicted molar refractivity (Wildman–Crippen MR) is 131 cm³/mol. The van der Waals surface area contributed by atoms with E-state index in [2.05, 4.69) is 0 Å². The van der Waals surface area contributed by atoms with Crippen LogP contribution in [0.4, 0.5) is 11.4 Å². The van der Waals surface area contributed by atoms with E-state index in [-0.39, 0.29) is 17.0 Å². The largest absolute Gasteiger partial charge is 0.319 e. The fourth-order valence-electron chi connectivity index (χ4n) is 4.21. The molecule has 2 unspecified atom stereocenters. The molecular weight excluding hydrogens is 470 g/mol. The van der Waals surface area contributed by atoms with Gasteiger partial charge in [0.15, 0.2) is 0 Å². The Labute approximate surface area is 206 Å². The molecule has 0 spiro atoms. The highest BCUT2D eigenvalue weighted by molar-refractivity contribution is 6.32. The third-order valence-corrected chi connectivity index (χ3v) is 6.39. The maximum atomic E-state index is 13.8. The molecular formula is C26H22ClN3O5. The molecule has 1 saturated heterocycles. The highest BCUT2D eigenvalue weighted by atomic mass is 35.5. The third kappa shape index (κ3) is 4.65. The number of hydrogen-bond donors (Lipinski definition) is 0. The zero-order valence-corrected chi connectivity index (χ0v) is 19.8. The SMILES string of the molecule is Cc1ccc(N2C(=O)CC(N(C(=O)c3ccc(Cl)c([N+](=O)[O-])c3)C(C)c3ccccc3)C2=O)cc1. The van der Waals surface area contributed by atoms with Gasteiger partial charge in [-0.3, -0.25) is 24.5 Å². The van der Waals surface area contributed by atoms with Crippen LogP contribution in [0.2, 0.25) is 5.02 Å². The summed E-state index contributed by atoms with van der Waals surface area (Å²) in [5, 5.41) is 11.3. The van der Waals surface area contributed by atoms with Crippen LogP contribution < -0.4 is 4.90 Å². The molecule has 0 bridgehead atoms. The third-order valence-electron chi connectivity index (χ3n) is 6.07. The van der Waals surface area contributed by atoms with Crippen LogP contribution >= 0.6 is 11.6 Å². The number of anilines is 1. The number of carbonyl (C=O) groups excluding carboxylic acids is 3. The van der Waals surface area contributed by atoms with E-state index in [1.54, 1.807) is 31.2 Å². The maximum absolute atomic E-state index is 13.8. The molecule has 3 amide bonds. The fourth-order valence-corrected chi connectivity index (χ4v) is 4.40. The first-order valence-electron chi connectivity index (χ1n) is 10.9. The van der Waals surface area contributed by atoms with Crippen molar-refractivity contribution in [3.05, 3.63) is 105 Å². The predicted octanol–water partition coefficient (Wildman–Crippen LogP) is 5.09. The Morgan fingerprint density at radius 2 is 1.74 bits per heavy atom. The summed E-state index contributed by atoms with van der Waals surface area (Å²) < 4.78 is 0. The Hall–Kier alpha value is -4.04. The van der Waals surface area contributed by atoms with Crippen molar-refractivity contribution in [1.29, 1.82) is 0 Å². The second-order valence-electron chi connectivity index (χ2n) is 8.35. The topological polar surface area (TPSA) is 101 Å². The zero-order valence-electron chi connectivity index (χ0n) is 19.1. The lowest BCUT2D eigenvalue weighted by atomic mass is 10.0.